The topological polar surface area (TPSA) is 74.2 Å². The largest absolute Gasteiger partial charge is 0.377 e. The molecule has 1 amide bonds. The predicted octanol–water partition coefficient (Wildman–Crippen LogP) is -0.217. The van der Waals surface area contributed by atoms with Crippen LogP contribution in [0.3, 0.4) is 0 Å². The van der Waals surface area contributed by atoms with Gasteiger partial charge in [0.1, 0.15) is 6.54 Å². The molecule has 1 aliphatic rings. The summed E-state index contributed by atoms with van der Waals surface area (Å²) in [5.41, 5.74) is 0. The first-order valence-corrected chi connectivity index (χ1v) is 5.22. The summed E-state index contributed by atoms with van der Waals surface area (Å²) in [7, 11) is 0. The highest BCUT2D eigenvalue weighted by atomic mass is 16.5. The number of hydrogen-bond donors (Lipinski definition) is 2. The third kappa shape index (κ3) is 4.28. The smallest absolute Gasteiger partial charge is 0.234 e. The van der Waals surface area contributed by atoms with E-state index in [1.807, 2.05) is 13.0 Å². The molecule has 1 heterocycles. The molecule has 2 unspecified atom stereocenters. The maximum Gasteiger partial charge on any atom is 0.234 e. The fourth-order valence-electron chi connectivity index (χ4n) is 1.58. The zero-order valence-electron chi connectivity index (χ0n) is 8.95. The number of rotatable bonds is 5. The van der Waals surface area contributed by atoms with E-state index in [4.69, 9.17) is 10.00 Å². The molecular weight excluding hydrogens is 194 g/mol. The summed E-state index contributed by atoms with van der Waals surface area (Å²) in [6.07, 6.45) is 2.36. The van der Waals surface area contributed by atoms with Gasteiger partial charge in [-0.2, -0.15) is 5.26 Å². The summed E-state index contributed by atoms with van der Waals surface area (Å²) in [6.45, 7) is 3.13. The van der Waals surface area contributed by atoms with Crippen LogP contribution in [0.5, 0.6) is 0 Å². The number of amides is 1. The Hall–Kier alpha value is -1.12. The number of carbonyl (C=O) groups excluding carboxylic acids is 1. The average molecular weight is 211 g/mol. The number of nitrogens with one attached hydrogen (secondary N) is 2. The Balaban J connectivity index is 2.13. The van der Waals surface area contributed by atoms with Crippen molar-refractivity contribution in [3.05, 3.63) is 0 Å². The third-order valence-corrected chi connectivity index (χ3v) is 2.47. The average Bonchev–Trinajstić information content (AvgIpc) is 2.76. The first-order chi connectivity index (χ1) is 7.24. The Kier molecular flexibility index (Phi) is 5.08. The number of ether oxygens (including phenoxy) is 1. The minimum absolute atomic E-state index is 0.0643. The summed E-state index contributed by atoms with van der Waals surface area (Å²) in [6, 6.07) is 2.04. The summed E-state index contributed by atoms with van der Waals surface area (Å²) < 4.78 is 5.48. The van der Waals surface area contributed by atoms with Gasteiger partial charge in [-0.1, -0.05) is 0 Å². The van der Waals surface area contributed by atoms with E-state index in [0.29, 0.717) is 0 Å². The highest BCUT2D eigenvalue weighted by Gasteiger charge is 2.22. The lowest BCUT2D eigenvalue weighted by atomic mass is 10.1. The minimum Gasteiger partial charge on any atom is -0.377 e. The van der Waals surface area contributed by atoms with E-state index in [-0.39, 0.29) is 31.1 Å². The Bertz CT molecular complexity index is 244. The van der Waals surface area contributed by atoms with E-state index in [1.165, 1.54) is 0 Å². The highest BCUT2D eigenvalue weighted by molar-refractivity contribution is 5.78. The molecule has 0 aliphatic carbocycles. The van der Waals surface area contributed by atoms with Crippen molar-refractivity contribution in [3.63, 3.8) is 0 Å². The highest BCUT2D eigenvalue weighted by Crippen LogP contribution is 2.14. The van der Waals surface area contributed by atoms with Crippen LogP contribution in [0.1, 0.15) is 19.8 Å². The van der Waals surface area contributed by atoms with E-state index in [0.717, 1.165) is 19.4 Å². The van der Waals surface area contributed by atoms with Crippen molar-refractivity contribution in [1.29, 1.82) is 5.26 Å². The van der Waals surface area contributed by atoms with E-state index < -0.39 is 0 Å². The lowest BCUT2D eigenvalue weighted by Gasteiger charge is -2.19. The van der Waals surface area contributed by atoms with Crippen LogP contribution in [-0.4, -0.2) is 37.7 Å². The summed E-state index contributed by atoms with van der Waals surface area (Å²) in [5, 5.41) is 13.8. The summed E-state index contributed by atoms with van der Waals surface area (Å²) in [4.78, 5) is 11.2. The molecule has 0 bridgehead atoms. The molecule has 1 aliphatic heterocycles. The second-order valence-electron chi connectivity index (χ2n) is 3.66. The summed E-state index contributed by atoms with van der Waals surface area (Å²) >= 11 is 0. The number of carbonyl (C=O) groups is 1. The van der Waals surface area contributed by atoms with E-state index in [2.05, 4.69) is 10.6 Å². The Morgan fingerprint density at radius 3 is 3.13 bits per heavy atom. The van der Waals surface area contributed by atoms with Gasteiger partial charge in [0.2, 0.25) is 5.91 Å². The van der Waals surface area contributed by atoms with Gasteiger partial charge in [-0.15, -0.1) is 0 Å². The van der Waals surface area contributed by atoms with Crippen molar-refractivity contribution >= 4 is 5.91 Å². The molecule has 1 fully saturated rings. The van der Waals surface area contributed by atoms with Crippen molar-refractivity contribution < 1.29 is 9.53 Å². The molecule has 15 heavy (non-hydrogen) atoms. The van der Waals surface area contributed by atoms with Crippen molar-refractivity contribution in [1.82, 2.24) is 10.6 Å². The monoisotopic (exact) mass is 211 g/mol. The van der Waals surface area contributed by atoms with Gasteiger partial charge < -0.3 is 15.4 Å². The zero-order valence-corrected chi connectivity index (χ0v) is 8.95. The molecule has 0 saturated carbocycles. The molecule has 0 radical (unpaired) electrons. The van der Waals surface area contributed by atoms with Gasteiger partial charge in [0, 0.05) is 12.6 Å². The first kappa shape index (κ1) is 12.0. The Labute approximate surface area is 89.8 Å². The molecule has 0 aromatic rings. The second-order valence-corrected chi connectivity index (χ2v) is 3.66. The maximum absolute atomic E-state index is 11.2. The standard InChI is InChI=1S/C10H17N3O2/c1-8(9-3-2-6-15-9)13-7-10(14)12-5-4-11/h8-9,13H,2-3,5-7H2,1H3,(H,12,14). The number of nitriles is 1. The van der Waals surface area contributed by atoms with Crippen LogP contribution >= 0.6 is 0 Å². The van der Waals surface area contributed by atoms with Crippen LogP contribution < -0.4 is 10.6 Å². The van der Waals surface area contributed by atoms with E-state index in [1.54, 1.807) is 0 Å². The van der Waals surface area contributed by atoms with Crippen molar-refractivity contribution in [2.24, 2.45) is 0 Å². The molecule has 5 heteroatoms. The molecule has 2 atom stereocenters. The predicted molar refractivity (Wildman–Crippen MR) is 55.1 cm³/mol. The zero-order chi connectivity index (χ0) is 11.1. The number of nitrogens with zero attached hydrogens (tertiary/aromatic N) is 1. The lowest BCUT2D eigenvalue weighted by molar-refractivity contribution is -0.120. The Morgan fingerprint density at radius 1 is 1.73 bits per heavy atom. The number of hydrogen-bond acceptors (Lipinski definition) is 4. The van der Waals surface area contributed by atoms with Crippen LogP contribution in [0.4, 0.5) is 0 Å². The van der Waals surface area contributed by atoms with Gasteiger partial charge in [0.05, 0.1) is 18.7 Å². The maximum atomic E-state index is 11.2. The van der Waals surface area contributed by atoms with E-state index >= 15 is 0 Å². The third-order valence-electron chi connectivity index (χ3n) is 2.47. The van der Waals surface area contributed by atoms with E-state index in [9.17, 15) is 4.79 Å². The molecule has 0 spiro atoms. The van der Waals surface area contributed by atoms with Gasteiger partial charge in [0.15, 0.2) is 0 Å². The van der Waals surface area contributed by atoms with Crippen molar-refractivity contribution in [2.75, 3.05) is 19.7 Å². The Morgan fingerprint density at radius 2 is 2.53 bits per heavy atom. The molecule has 84 valence electrons. The van der Waals surface area contributed by atoms with Gasteiger partial charge in [-0.05, 0) is 19.8 Å². The second kappa shape index (κ2) is 6.38. The van der Waals surface area contributed by atoms with Crippen LogP contribution in [0, 0.1) is 11.3 Å². The van der Waals surface area contributed by atoms with Crippen LogP contribution in [-0.2, 0) is 9.53 Å². The minimum atomic E-state index is -0.151. The van der Waals surface area contributed by atoms with Crippen LogP contribution in [0.25, 0.3) is 0 Å². The van der Waals surface area contributed by atoms with Gasteiger partial charge in [-0.3, -0.25) is 4.79 Å². The molecule has 0 aromatic heterocycles. The van der Waals surface area contributed by atoms with Gasteiger partial charge >= 0.3 is 0 Å². The lowest BCUT2D eigenvalue weighted by Crippen LogP contribution is -2.43. The normalized spacial score (nSPS) is 22.0. The van der Waals surface area contributed by atoms with Gasteiger partial charge in [0.25, 0.3) is 0 Å². The van der Waals surface area contributed by atoms with Crippen molar-refractivity contribution in [2.45, 2.75) is 31.9 Å². The molecule has 0 aromatic carbocycles. The van der Waals surface area contributed by atoms with Crippen molar-refractivity contribution in [3.8, 4) is 6.07 Å². The molecular formula is C10H17N3O2. The first-order valence-electron chi connectivity index (χ1n) is 5.22. The van der Waals surface area contributed by atoms with Crippen LogP contribution in [0.15, 0.2) is 0 Å². The molecule has 1 rings (SSSR count). The SMILES string of the molecule is CC(NCC(=O)NCC#N)C1CCCO1. The fourth-order valence-corrected chi connectivity index (χ4v) is 1.58. The quantitative estimate of drug-likeness (QED) is 0.617. The molecule has 1 saturated heterocycles. The fraction of sp³-hybridized carbons (Fsp3) is 0.800. The molecule has 2 N–H and O–H groups in total. The summed E-state index contributed by atoms with van der Waals surface area (Å²) in [5.74, 6) is -0.151. The van der Waals surface area contributed by atoms with Crippen LogP contribution in [0.2, 0.25) is 0 Å². The van der Waals surface area contributed by atoms with Gasteiger partial charge in [-0.25, -0.2) is 0 Å². The molecule has 5 nitrogen and oxygen atoms in total.